The number of thioether (sulfide) groups is 1. The van der Waals surface area contributed by atoms with Gasteiger partial charge in [0.05, 0.1) is 22.9 Å². The van der Waals surface area contributed by atoms with Gasteiger partial charge in [0, 0.05) is 23.1 Å². The first-order valence-corrected chi connectivity index (χ1v) is 15.6. The average Bonchev–Trinajstić information content (AvgIpc) is 3.55. The average molecular weight is 606 g/mol. The van der Waals surface area contributed by atoms with E-state index >= 15 is 0 Å². The second-order valence-electron chi connectivity index (χ2n) is 10.8. The number of carboxylic acids is 1. The van der Waals surface area contributed by atoms with Crippen molar-refractivity contribution in [1.82, 2.24) is 9.30 Å². The second-order valence-corrected chi connectivity index (χ2v) is 12.7. The molecule has 4 aromatic rings. The highest BCUT2D eigenvalue weighted by atomic mass is 32.2. The molecule has 2 aliphatic heterocycles. The number of aliphatic carboxylic acids is 1. The van der Waals surface area contributed by atoms with Gasteiger partial charge in [0.2, 0.25) is 15.8 Å². The first-order valence-electron chi connectivity index (χ1n) is 13.5. The minimum Gasteiger partial charge on any atom is -0.477 e. The molecule has 0 radical (unpaired) electrons. The number of aliphatic hydroxyl groups is 1. The third-order valence-corrected chi connectivity index (χ3v) is 10.2. The number of hydrogen-bond donors (Lipinski definition) is 3. The largest absolute Gasteiger partial charge is 0.477 e. The smallest absolute Gasteiger partial charge is 0.352 e. The lowest BCUT2D eigenvalue weighted by molar-refractivity contribution is -0.721. The predicted octanol–water partition coefficient (Wildman–Crippen LogP) is 2.15. The van der Waals surface area contributed by atoms with Crippen molar-refractivity contribution >= 4 is 51.3 Å². The highest BCUT2D eigenvalue weighted by molar-refractivity contribution is 7.98. The van der Waals surface area contributed by atoms with Gasteiger partial charge < -0.3 is 20.8 Å². The minimum absolute atomic E-state index is 0.0218. The van der Waals surface area contributed by atoms with Crippen molar-refractivity contribution in [3.8, 4) is 0 Å². The Labute approximate surface area is 250 Å². The minimum atomic E-state index is -1.13. The monoisotopic (exact) mass is 605 g/mol. The third-order valence-electron chi connectivity index (χ3n) is 8.09. The van der Waals surface area contributed by atoms with Crippen LogP contribution in [0.2, 0.25) is 0 Å². The maximum absolute atomic E-state index is 12.8. The normalized spacial score (nSPS) is 20.6. The Morgan fingerprint density at radius 2 is 1.93 bits per heavy atom. The van der Waals surface area contributed by atoms with E-state index in [4.69, 9.17) is 5.73 Å². The summed E-state index contributed by atoms with van der Waals surface area (Å²) in [5.41, 5.74) is 8.76. The molecule has 10 nitrogen and oxygen atoms in total. The van der Waals surface area contributed by atoms with Crippen molar-refractivity contribution in [1.29, 1.82) is 0 Å². The Kier molecular flexibility index (Phi) is 7.16. The van der Waals surface area contributed by atoms with Crippen molar-refractivity contribution in [3.63, 3.8) is 0 Å². The molecule has 3 aromatic heterocycles. The number of imidazole rings is 1. The number of rotatable bonds is 9. The van der Waals surface area contributed by atoms with Crippen molar-refractivity contribution in [2.45, 2.75) is 44.1 Å². The quantitative estimate of drug-likeness (QED) is 0.152. The number of amides is 2. The topological polar surface area (TPSA) is 133 Å². The zero-order valence-corrected chi connectivity index (χ0v) is 24.9. The standard InChI is InChI=1S/C30H29N5O5S2/c1-16-22(25(30(39)40)35-24(16)23(17(2)36)27(35)38)21-14-34-15-33(28(41-3)29(34)42-21)12-19-7-4-6-18(10-19)11-32-9-5-8-20(13-32)26(31)37/h4-10,13-17,23-24,36H,11-12H2,1-3H3,(H-2,31,37,39,40)/p+2/t16-,17+,23+,24-/m0/s1. The number of hydrogen-bond acceptors (Lipinski definition) is 6. The molecule has 12 heteroatoms. The number of thiazole rings is 1. The number of aromatic nitrogens is 3. The Hall–Kier alpha value is -4.00. The van der Waals surface area contributed by atoms with Gasteiger partial charge in [-0.25, -0.2) is 9.36 Å². The maximum Gasteiger partial charge on any atom is 0.352 e. The van der Waals surface area contributed by atoms with Gasteiger partial charge in [-0.3, -0.25) is 9.59 Å². The van der Waals surface area contributed by atoms with Crippen LogP contribution in [-0.2, 0) is 22.7 Å². The first kappa shape index (κ1) is 28.1. The Morgan fingerprint density at radius 1 is 1.19 bits per heavy atom. The van der Waals surface area contributed by atoms with Crippen molar-refractivity contribution in [2.75, 3.05) is 6.26 Å². The van der Waals surface area contributed by atoms with Crippen molar-refractivity contribution < 1.29 is 33.7 Å². The van der Waals surface area contributed by atoms with E-state index in [0.29, 0.717) is 24.2 Å². The van der Waals surface area contributed by atoms with Gasteiger partial charge in [-0.15, -0.1) is 0 Å². The molecule has 1 aromatic carbocycles. The lowest BCUT2D eigenvalue weighted by Gasteiger charge is -2.46. The SMILES string of the molecule is CSc1c2sc(C3=C(C(=O)O)N4C(=O)[C@H]([C@@H](C)O)[C@@H]4[C@H]3C)cn2c[n+]1Cc1cccc(C[n+]2cccc(C(N)=O)c2)c1. The summed E-state index contributed by atoms with van der Waals surface area (Å²) in [5, 5.41) is 21.3. The number of β-lactam (4-membered cyclic amide) rings is 1. The second kappa shape index (κ2) is 10.7. The van der Waals surface area contributed by atoms with Crippen LogP contribution < -0.4 is 14.9 Å². The van der Waals surface area contributed by atoms with Crippen LogP contribution in [0.1, 0.15) is 40.2 Å². The number of primary amides is 1. The number of carboxylic acid groups (broad SMARTS) is 1. The number of nitrogens with zero attached hydrogens (tertiary/aromatic N) is 4. The molecule has 6 rings (SSSR count). The zero-order chi connectivity index (χ0) is 29.9. The van der Waals surface area contributed by atoms with Crippen LogP contribution in [0.25, 0.3) is 10.4 Å². The van der Waals surface area contributed by atoms with Gasteiger partial charge in [-0.05, 0) is 30.9 Å². The highest BCUT2D eigenvalue weighted by Gasteiger charge is 2.60. The van der Waals surface area contributed by atoms with Gasteiger partial charge in [0.1, 0.15) is 24.0 Å². The fourth-order valence-electron chi connectivity index (χ4n) is 6.27. The lowest BCUT2D eigenvalue weighted by Crippen LogP contribution is -2.63. The van der Waals surface area contributed by atoms with Gasteiger partial charge in [-0.2, -0.15) is 8.97 Å². The molecule has 4 N–H and O–H groups in total. The van der Waals surface area contributed by atoms with E-state index in [2.05, 4.69) is 16.7 Å². The van der Waals surface area contributed by atoms with E-state index in [-0.39, 0.29) is 23.6 Å². The highest BCUT2D eigenvalue weighted by Crippen LogP contribution is 2.51. The fraction of sp³-hybridized carbons (Fsp3) is 0.300. The molecule has 0 spiro atoms. The molecule has 0 aliphatic carbocycles. The van der Waals surface area contributed by atoms with Gasteiger partial charge >= 0.3 is 5.97 Å². The lowest BCUT2D eigenvalue weighted by atomic mass is 9.77. The van der Waals surface area contributed by atoms with Crippen molar-refractivity contribution in [3.05, 3.63) is 88.6 Å². The molecule has 4 atom stereocenters. The molecular formula is C30H31N5O5S2+2. The molecule has 216 valence electrons. The first-order chi connectivity index (χ1) is 20.1. The Balaban J connectivity index is 1.29. The van der Waals surface area contributed by atoms with Gasteiger partial charge in [0.25, 0.3) is 12.2 Å². The zero-order valence-electron chi connectivity index (χ0n) is 23.3. The van der Waals surface area contributed by atoms with E-state index in [1.54, 1.807) is 37.0 Å². The number of carbonyl (C=O) groups is 3. The number of pyridine rings is 1. The number of fused-ring (bicyclic) bond motifs is 2. The van der Waals surface area contributed by atoms with Crippen LogP contribution >= 0.6 is 23.1 Å². The van der Waals surface area contributed by atoms with E-state index in [1.165, 1.54) is 16.2 Å². The van der Waals surface area contributed by atoms with Crippen LogP contribution in [-0.4, -0.2) is 55.7 Å². The molecule has 42 heavy (non-hydrogen) atoms. The molecule has 0 unspecified atom stereocenters. The van der Waals surface area contributed by atoms with E-state index in [9.17, 15) is 24.6 Å². The summed E-state index contributed by atoms with van der Waals surface area (Å²) in [6.45, 7) is 4.75. The summed E-state index contributed by atoms with van der Waals surface area (Å²) < 4.78 is 6.12. The Bertz CT molecular complexity index is 1790. The predicted molar refractivity (Wildman–Crippen MR) is 157 cm³/mol. The molecule has 1 fully saturated rings. The van der Waals surface area contributed by atoms with Gasteiger partial charge in [-0.1, -0.05) is 48.2 Å². The molecule has 1 saturated heterocycles. The summed E-state index contributed by atoms with van der Waals surface area (Å²) in [6, 6.07) is 11.4. The summed E-state index contributed by atoms with van der Waals surface area (Å²) in [7, 11) is 0. The van der Waals surface area contributed by atoms with Crippen LogP contribution in [0.4, 0.5) is 0 Å². The van der Waals surface area contributed by atoms with Crippen LogP contribution in [0.5, 0.6) is 0 Å². The van der Waals surface area contributed by atoms with Crippen molar-refractivity contribution in [2.24, 2.45) is 17.6 Å². The molecule has 5 heterocycles. The number of benzene rings is 1. The van der Waals surface area contributed by atoms with E-state index in [1.807, 2.05) is 53.0 Å². The van der Waals surface area contributed by atoms with Crippen LogP contribution in [0.3, 0.4) is 0 Å². The third kappa shape index (κ3) is 4.59. The summed E-state index contributed by atoms with van der Waals surface area (Å²) in [6.07, 6.45) is 8.78. The molecule has 0 saturated carbocycles. The summed E-state index contributed by atoms with van der Waals surface area (Å²) in [5.74, 6) is -2.74. The number of aliphatic hydroxyl groups excluding tert-OH is 1. The van der Waals surface area contributed by atoms with E-state index in [0.717, 1.165) is 25.9 Å². The molecule has 2 amide bonds. The van der Waals surface area contributed by atoms with Gasteiger partial charge in [0.15, 0.2) is 18.9 Å². The van der Waals surface area contributed by atoms with E-state index < -0.39 is 23.9 Å². The molecular weight excluding hydrogens is 574 g/mol. The Morgan fingerprint density at radius 3 is 2.60 bits per heavy atom. The van der Waals surface area contributed by atoms with Crippen LogP contribution in [0, 0.1) is 11.8 Å². The molecule has 0 bridgehead atoms. The summed E-state index contributed by atoms with van der Waals surface area (Å²) >= 11 is 3.13. The number of nitrogens with two attached hydrogens (primary N) is 1. The van der Waals surface area contributed by atoms with Crippen LogP contribution in [0.15, 0.2) is 72.0 Å². The molecule has 2 aliphatic rings. The summed E-state index contributed by atoms with van der Waals surface area (Å²) in [4.78, 5) is 39.8. The maximum atomic E-state index is 12.8. The number of carbonyl (C=O) groups excluding carboxylic acids is 2. The fourth-order valence-corrected chi connectivity index (χ4v) is 8.45.